The molecule has 0 aliphatic heterocycles. The number of pyridine rings is 1. The number of anilines is 1. The Kier molecular flexibility index (Phi) is 5.88. The van der Waals surface area contributed by atoms with E-state index in [-0.39, 0.29) is 18.4 Å². The molecule has 3 aromatic rings. The Morgan fingerprint density at radius 3 is 2.89 bits per heavy atom. The number of benzene rings is 1. The zero-order chi connectivity index (χ0) is 19.3. The van der Waals surface area contributed by atoms with Gasteiger partial charge in [0, 0.05) is 29.0 Å². The lowest BCUT2D eigenvalue weighted by Crippen LogP contribution is -2.15. The third-order valence-corrected chi connectivity index (χ3v) is 5.85. The van der Waals surface area contributed by atoms with Gasteiger partial charge in [-0.15, -0.1) is 11.3 Å². The lowest BCUT2D eigenvalue weighted by molar-refractivity contribution is -0.115. The van der Waals surface area contributed by atoms with Crippen LogP contribution >= 0.6 is 22.9 Å². The molecule has 5 nitrogen and oxygen atoms in total. The van der Waals surface area contributed by atoms with Crippen molar-refractivity contribution in [3.8, 4) is 16.3 Å². The summed E-state index contributed by atoms with van der Waals surface area (Å²) >= 11 is 7.83. The number of nitrogens with one attached hydrogen (secondary N) is 1. The molecule has 1 N–H and O–H groups in total. The lowest BCUT2D eigenvalue weighted by atomic mass is 10.2. The van der Waals surface area contributed by atoms with E-state index in [2.05, 4.69) is 15.3 Å². The topological polar surface area (TPSA) is 64.1 Å². The molecule has 1 fully saturated rings. The molecular weight excluding hydrogens is 394 g/mol. The molecular formula is C21H20ClN3O2S. The normalized spacial score (nSPS) is 14.2. The third kappa shape index (κ3) is 4.69. The second-order valence-electron chi connectivity index (χ2n) is 6.78. The quantitative estimate of drug-likeness (QED) is 0.590. The summed E-state index contributed by atoms with van der Waals surface area (Å²) in [7, 11) is 0. The highest BCUT2D eigenvalue weighted by Gasteiger charge is 2.18. The van der Waals surface area contributed by atoms with E-state index in [1.165, 1.54) is 24.2 Å². The molecule has 1 saturated carbocycles. The number of nitrogens with zero attached hydrogens (tertiary/aromatic N) is 2. The number of carbonyl (C=O) groups excluding carboxylic acids is 1. The van der Waals surface area contributed by atoms with E-state index in [1.54, 1.807) is 18.5 Å². The monoisotopic (exact) mass is 413 g/mol. The van der Waals surface area contributed by atoms with Crippen LogP contribution in [0.1, 0.15) is 31.4 Å². The van der Waals surface area contributed by atoms with Crippen molar-refractivity contribution in [3.63, 3.8) is 0 Å². The summed E-state index contributed by atoms with van der Waals surface area (Å²) in [5, 5.41) is 6.14. The molecule has 0 saturated heterocycles. The van der Waals surface area contributed by atoms with Crippen molar-refractivity contribution in [2.75, 3.05) is 5.32 Å². The molecule has 4 rings (SSSR count). The van der Waals surface area contributed by atoms with E-state index in [0.29, 0.717) is 16.5 Å². The maximum absolute atomic E-state index is 12.4. The fourth-order valence-electron chi connectivity index (χ4n) is 3.24. The number of rotatable bonds is 6. The molecule has 0 radical (unpaired) electrons. The average molecular weight is 414 g/mol. The van der Waals surface area contributed by atoms with Crippen LogP contribution in [0.25, 0.3) is 10.6 Å². The van der Waals surface area contributed by atoms with Crippen LogP contribution in [-0.2, 0) is 11.2 Å². The summed E-state index contributed by atoms with van der Waals surface area (Å²) in [5.41, 5.74) is 2.33. The van der Waals surface area contributed by atoms with Crippen LogP contribution in [0, 0.1) is 0 Å². The SMILES string of the molecule is O=C(Cc1csc(-c2cccnc2)n1)Nc1ccc(OC2CCCC2)c(Cl)c1. The van der Waals surface area contributed by atoms with Crippen molar-refractivity contribution in [2.45, 2.75) is 38.2 Å². The second-order valence-corrected chi connectivity index (χ2v) is 8.05. The van der Waals surface area contributed by atoms with Gasteiger partial charge in [-0.05, 0) is 56.0 Å². The Hall–Kier alpha value is -2.44. The molecule has 1 aliphatic rings. The highest BCUT2D eigenvalue weighted by Crippen LogP contribution is 2.32. The molecule has 1 aliphatic carbocycles. The van der Waals surface area contributed by atoms with Gasteiger partial charge in [0.15, 0.2) is 0 Å². The number of thiazole rings is 1. The summed E-state index contributed by atoms with van der Waals surface area (Å²) in [6.45, 7) is 0. The minimum absolute atomic E-state index is 0.136. The fourth-order valence-corrected chi connectivity index (χ4v) is 4.28. The summed E-state index contributed by atoms with van der Waals surface area (Å²) in [6, 6.07) is 9.18. The van der Waals surface area contributed by atoms with Crippen LogP contribution in [0.15, 0.2) is 48.1 Å². The van der Waals surface area contributed by atoms with Crippen molar-refractivity contribution in [1.82, 2.24) is 9.97 Å². The zero-order valence-electron chi connectivity index (χ0n) is 15.2. The third-order valence-electron chi connectivity index (χ3n) is 4.61. The first kappa shape index (κ1) is 18.9. The maximum Gasteiger partial charge on any atom is 0.230 e. The number of ether oxygens (including phenoxy) is 1. The Balaban J connectivity index is 1.36. The smallest absolute Gasteiger partial charge is 0.230 e. The van der Waals surface area contributed by atoms with Crippen molar-refractivity contribution >= 4 is 34.5 Å². The van der Waals surface area contributed by atoms with Crippen LogP contribution in [0.5, 0.6) is 5.75 Å². The van der Waals surface area contributed by atoms with E-state index in [9.17, 15) is 4.79 Å². The van der Waals surface area contributed by atoms with Gasteiger partial charge in [-0.2, -0.15) is 0 Å². The standard InChI is InChI=1S/C21H20ClN3O2S/c22-18-10-15(7-8-19(18)27-17-5-1-2-6-17)24-20(26)11-16-13-28-21(25-16)14-4-3-9-23-12-14/h3-4,7-10,12-13,17H,1-2,5-6,11H2,(H,24,26). The summed E-state index contributed by atoms with van der Waals surface area (Å²) in [4.78, 5) is 21.0. The number of amides is 1. The van der Waals surface area contributed by atoms with Crippen LogP contribution in [0.3, 0.4) is 0 Å². The molecule has 0 unspecified atom stereocenters. The molecule has 144 valence electrons. The van der Waals surface area contributed by atoms with E-state index in [0.717, 1.165) is 29.1 Å². The first-order valence-electron chi connectivity index (χ1n) is 9.28. The molecule has 2 heterocycles. The Morgan fingerprint density at radius 1 is 1.29 bits per heavy atom. The number of aromatic nitrogens is 2. The number of hydrogen-bond acceptors (Lipinski definition) is 5. The molecule has 1 amide bonds. The van der Waals surface area contributed by atoms with Crippen LogP contribution in [0.4, 0.5) is 5.69 Å². The minimum atomic E-state index is -0.136. The summed E-state index contributed by atoms with van der Waals surface area (Å²) in [5.74, 6) is 0.538. The van der Waals surface area contributed by atoms with Gasteiger partial charge in [0.2, 0.25) is 5.91 Å². The molecule has 1 aromatic carbocycles. The number of halogens is 1. The van der Waals surface area contributed by atoms with Gasteiger partial charge in [-0.1, -0.05) is 11.6 Å². The molecule has 0 atom stereocenters. The van der Waals surface area contributed by atoms with Crippen molar-refractivity contribution in [2.24, 2.45) is 0 Å². The first-order chi connectivity index (χ1) is 13.7. The zero-order valence-corrected chi connectivity index (χ0v) is 16.8. The van der Waals surface area contributed by atoms with E-state index in [4.69, 9.17) is 16.3 Å². The lowest BCUT2D eigenvalue weighted by Gasteiger charge is -2.15. The van der Waals surface area contributed by atoms with Crippen molar-refractivity contribution < 1.29 is 9.53 Å². The second kappa shape index (κ2) is 8.71. The van der Waals surface area contributed by atoms with Crippen molar-refractivity contribution in [1.29, 1.82) is 0 Å². The largest absolute Gasteiger partial charge is 0.489 e. The highest BCUT2D eigenvalue weighted by molar-refractivity contribution is 7.13. The van der Waals surface area contributed by atoms with Gasteiger partial charge >= 0.3 is 0 Å². The van der Waals surface area contributed by atoms with Gasteiger partial charge < -0.3 is 10.1 Å². The first-order valence-corrected chi connectivity index (χ1v) is 10.5. The van der Waals surface area contributed by atoms with Gasteiger partial charge in [-0.3, -0.25) is 9.78 Å². The summed E-state index contributed by atoms with van der Waals surface area (Å²) < 4.78 is 5.95. The number of carbonyl (C=O) groups is 1. The highest BCUT2D eigenvalue weighted by atomic mass is 35.5. The van der Waals surface area contributed by atoms with Crippen molar-refractivity contribution in [3.05, 3.63) is 58.8 Å². The molecule has 0 bridgehead atoms. The predicted molar refractivity (Wildman–Crippen MR) is 112 cm³/mol. The van der Waals surface area contributed by atoms with E-state index >= 15 is 0 Å². The van der Waals surface area contributed by atoms with E-state index in [1.807, 2.05) is 29.6 Å². The van der Waals surface area contributed by atoms with Gasteiger partial charge in [-0.25, -0.2) is 4.98 Å². The summed E-state index contributed by atoms with van der Waals surface area (Å²) in [6.07, 6.45) is 8.49. The van der Waals surface area contributed by atoms with Gasteiger partial charge in [0.05, 0.1) is 23.2 Å². The van der Waals surface area contributed by atoms with Gasteiger partial charge in [0.25, 0.3) is 0 Å². The minimum Gasteiger partial charge on any atom is -0.489 e. The Morgan fingerprint density at radius 2 is 2.14 bits per heavy atom. The van der Waals surface area contributed by atoms with Gasteiger partial charge in [0.1, 0.15) is 10.8 Å². The Bertz CT molecular complexity index is 955. The molecule has 2 aromatic heterocycles. The van der Waals surface area contributed by atoms with Crippen LogP contribution in [0.2, 0.25) is 5.02 Å². The van der Waals surface area contributed by atoms with E-state index < -0.39 is 0 Å². The Labute approximate surface area is 172 Å². The fraction of sp³-hybridized carbons (Fsp3) is 0.286. The number of hydrogen-bond donors (Lipinski definition) is 1. The maximum atomic E-state index is 12.4. The predicted octanol–water partition coefficient (Wildman–Crippen LogP) is 5.36. The average Bonchev–Trinajstić information content (AvgIpc) is 3.37. The molecule has 28 heavy (non-hydrogen) atoms. The van der Waals surface area contributed by atoms with Crippen LogP contribution in [-0.4, -0.2) is 22.0 Å². The molecule has 0 spiro atoms. The molecule has 7 heteroatoms. The van der Waals surface area contributed by atoms with Crippen LogP contribution < -0.4 is 10.1 Å².